The summed E-state index contributed by atoms with van der Waals surface area (Å²) in [6, 6.07) is 11.7. The van der Waals surface area contributed by atoms with Crippen molar-refractivity contribution in [3.05, 3.63) is 41.8 Å². The summed E-state index contributed by atoms with van der Waals surface area (Å²) in [7, 11) is 0. The fourth-order valence-corrected chi connectivity index (χ4v) is 2.88. The number of morpholine rings is 1. The van der Waals surface area contributed by atoms with E-state index in [1.807, 2.05) is 35.7 Å². The molecule has 3 rings (SSSR count). The van der Waals surface area contributed by atoms with Crippen molar-refractivity contribution in [2.45, 2.75) is 6.04 Å². The second kappa shape index (κ2) is 7.56. The van der Waals surface area contributed by atoms with Gasteiger partial charge in [-0.3, -0.25) is 4.79 Å². The number of thiophene rings is 1. The largest absolute Gasteiger partial charge is 0.378 e. The van der Waals surface area contributed by atoms with Crippen LogP contribution in [0, 0.1) is 0 Å². The molecule has 2 N–H and O–H groups in total. The first-order valence-electron chi connectivity index (χ1n) is 6.59. The summed E-state index contributed by atoms with van der Waals surface area (Å²) in [5.74, 6) is -0.0481. The predicted octanol–water partition coefficient (Wildman–Crippen LogP) is 2.76. The van der Waals surface area contributed by atoms with Crippen molar-refractivity contribution in [2.75, 3.05) is 25.1 Å². The van der Waals surface area contributed by atoms with Crippen LogP contribution in [0.5, 0.6) is 0 Å². The Balaban J connectivity index is 0.00000161. The lowest BCUT2D eigenvalue weighted by molar-refractivity contribution is -0.120. The number of halogens is 1. The maximum atomic E-state index is 12.1. The van der Waals surface area contributed by atoms with Crippen LogP contribution < -0.4 is 10.6 Å². The van der Waals surface area contributed by atoms with Gasteiger partial charge in [0.1, 0.15) is 6.04 Å². The lowest BCUT2D eigenvalue weighted by Gasteiger charge is -2.22. The highest BCUT2D eigenvalue weighted by molar-refractivity contribution is 7.13. The lowest BCUT2D eigenvalue weighted by Crippen LogP contribution is -2.48. The molecule has 4 nitrogen and oxygen atoms in total. The minimum Gasteiger partial charge on any atom is -0.378 e. The van der Waals surface area contributed by atoms with Crippen LogP contribution in [0.15, 0.2) is 41.8 Å². The molecule has 6 heteroatoms. The maximum Gasteiger partial charge on any atom is 0.243 e. The minimum atomic E-state index is -0.269. The van der Waals surface area contributed by atoms with Gasteiger partial charge in [-0.15, -0.1) is 23.7 Å². The highest BCUT2D eigenvalue weighted by Crippen LogP contribution is 2.26. The fourth-order valence-electron chi connectivity index (χ4n) is 2.16. The van der Waals surface area contributed by atoms with Crippen LogP contribution in [0.2, 0.25) is 0 Å². The van der Waals surface area contributed by atoms with E-state index < -0.39 is 0 Å². The number of benzene rings is 1. The Morgan fingerprint density at radius 1 is 1.33 bits per heavy atom. The molecule has 1 saturated heterocycles. The van der Waals surface area contributed by atoms with Gasteiger partial charge in [0.25, 0.3) is 0 Å². The first-order valence-corrected chi connectivity index (χ1v) is 7.47. The Kier molecular flexibility index (Phi) is 5.76. The summed E-state index contributed by atoms with van der Waals surface area (Å²) in [6.45, 7) is 1.81. The topological polar surface area (TPSA) is 50.4 Å². The van der Waals surface area contributed by atoms with Crippen molar-refractivity contribution in [3.63, 3.8) is 0 Å². The molecule has 1 unspecified atom stereocenters. The molecular formula is C15H17ClN2O2S. The number of carbonyl (C=O) groups is 1. The predicted molar refractivity (Wildman–Crippen MR) is 88.2 cm³/mol. The Bertz CT molecular complexity index is 583. The van der Waals surface area contributed by atoms with Gasteiger partial charge < -0.3 is 15.4 Å². The minimum absolute atomic E-state index is 0. The molecule has 2 heterocycles. The molecule has 21 heavy (non-hydrogen) atoms. The van der Waals surface area contributed by atoms with Gasteiger partial charge in [-0.2, -0.15) is 0 Å². The summed E-state index contributed by atoms with van der Waals surface area (Å²) in [4.78, 5) is 13.3. The van der Waals surface area contributed by atoms with Crippen LogP contribution in [-0.4, -0.2) is 31.7 Å². The van der Waals surface area contributed by atoms with Crippen molar-refractivity contribution in [2.24, 2.45) is 0 Å². The molecule has 1 aliphatic rings. The fraction of sp³-hybridized carbons (Fsp3) is 0.267. The first kappa shape index (κ1) is 16.0. The van der Waals surface area contributed by atoms with E-state index in [4.69, 9.17) is 4.74 Å². The van der Waals surface area contributed by atoms with Crippen molar-refractivity contribution in [3.8, 4) is 10.4 Å². The normalized spacial score (nSPS) is 17.8. The highest BCUT2D eigenvalue weighted by atomic mass is 35.5. The number of amides is 1. The summed E-state index contributed by atoms with van der Waals surface area (Å²) in [5.41, 5.74) is 1.93. The van der Waals surface area contributed by atoms with E-state index in [1.165, 1.54) is 4.88 Å². The van der Waals surface area contributed by atoms with Crippen molar-refractivity contribution in [1.82, 2.24) is 5.32 Å². The number of carbonyl (C=O) groups excluding carboxylic acids is 1. The highest BCUT2D eigenvalue weighted by Gasteiger charge is 2.21. The molecular weight excluding hydrogens is 308 g/mol. The van der Waals surface area contributed by atoms with E-state index in [1.54, 1.807) is 11.3 Å². The number of hydrogen-bond acceptors (Lipinski definition) is 4. The van der Waals surface area contributed by atoms with Crippen molar-refractivity contribution >= 4 is 35.3 Å². The van der Waals surface area contributed by atoms with Gasteiger partial charge in [0.15, 0.2) is 0 Å². The number of ether oxygens (including phenoxy) is 1. The van der Waals surface area contributed by atoms with E-state index in [2.05, 4.69) is 16.7 Å². The third-order valence-corrected chi connectivity index (χ3v) is 4.09. The zero-order chi connectivity index (χ0) is 13.8. The van der Waals surface area contributed by atoms with Gasteiger partial charge >= 0.3 is 0 Å². The smallest absolute Gasteiger partial charge is 0.243 e. The van der Waals surface area contributed by atoms with Crippen LogP contribution in [0.1, 0.15) is 0 Å². The number of rotatable bonds is 3. The van der Waals surface area contributed by atoms with Gasteiger partial charge in [-0.1, -0.05) is 18.2 Å². The monoisotopic (exact) mass is 324 g/mol. The standard InChI is InChI=1S/C15H16N2O2S.ClH/c18-15(13-10-19-7-6-16-13)17-12-4-1-3-11(9-12)14-5-2-8-20-14;/h1-5,8-9,13,16H,6-7,10H2,(H,17,18);1H. The number of anilines is 1. The van der Waals surface area contributed by atoms with E-state index in [0.29, 0.717) is 19.8 Å². The van der Waals surface area contributed by atoms with Gasteiger partial charge in [0, 0.05) is 17.1 Å². The Morgan fingerprint density at radius 2 is 2.24 bits per heavy atom. The van der Waals surface area contributed by atoms with Gasteiger partial charge in [0.05, 0.1) is 13.2 Å². The number of hydrogen-bond donors (Lipinski definition) is 2. The molecule has 0 spiro atoms. The molecule has 1 amide bonds. The van der Waals surface area contributed by atoms with E-state index >= 15 is 0 Å². The molecule has 112 valence electrons. The second-order valence-electron chi connectivity index (χ2n) is 4.63. The summed E-state index contributed by atoms with van der Waals surface area (Å²) in [5, 5.41) is 8.13. The summed E-state index contributed by atoms with van der Waals surface area (Å²) in [6.07, 6.45) is 0. The van der Waals surface area contributed by atoms with E-state index in [-0.39, 0.29) is 24.4 Å². The summed E-state index contributed by atoms with van der Waals surface area (Å²) < 4.78 is 5.30. The third kappa shape index (κ3) is 4.04. The quantitative estimate of drug-likeness (QED) is 0.912. The average molecular weight is 325 g/mol. The molecule has 0 bridgehead atoms. The first-order chi connectivity index (χ1) is 9.83. The Morgan fingerprint density at radius 3 is 2.95 bits per heavy atom. The molecule has 1 fully saturated rings. The van der Waals surface area contributed by atoms with E-state index in [9.17, 15) is 4.79 Å². The van der Waals surface area contributed by atoms with Crippen LogP contribution >= 0.6 is 23.7 Å². The lowest BCUT2D eigenvalue weighted by atomic mass is 10.1. The van der Waals surface area contributed by atoms with Gasteiger partial charge in [0.2, 0.25) is 5.91 Å². The molecule has 1 aromatic carbocycles. The molecule has 0 aliphatic carbocycles. The zero-order valence-corrected chi connectivity index (χ0v) is 13.0. The number of nitrogens with one attached hydrogen (secondary N) is 2. The van der Waals surface area contributed by atoms with Crippen molar-refractivity contribution < 1.29 is 9.53 Å². The molecule has 2 aromatic rings. The second-order valence-corrected chi connectivity index (χ2v) is 5.58. The van der Waals surface area contributed by atoms with Crippen LogP contribution in [0.25, 0.3) is 10.4 Å². The molecule has 1 aromatic heterocycles. The average Bonchev–Trinajstić information content (AvgIpc) is 3.03. The van der Waals surface area contributed by atoms with Crippen LogP contribution in [-0.2, 0) is 9.53 Å². The third-order valence-electron chi connectivity index (χ3n) is 3.17. The zero-order valence-electron chi connectivity index (χ0n) is 11.4. The molecule has 0 radical (unpaired) electrons. The Labute approximate surface area is 133 Å². The maximum absolute atomic E-state index is 12.1. The molecule has 1 atom stereocenters. The SMILES string of the molecule is Cl.O=C(Nc1cccc(-c2cccs2)c1)C1COCCN1. The van der Waals surface area contributed by atoms with Gasteiger partial charge in [-0.25, -0.2) is 0 Å². The van der Waals surface area contributed by atoms with Crippen LogP contribution in [0.4, 0.5) is 5.69 Å². The Hall–Kier alpha value is -1.40. The van der Waals surface area contributed by atoms with Crippen molar-refractivity contribution in [1.29, 1.82) is 0 Å². The van der Waals surface area contributed by atoms with Gasteiger partial charge in [-0.05, 0) is 29.1 Å². The van der Waals surface area contributed by atoms with Crippen LogP contribution in [0.3, 0.4) is 0 Å². The van der Waals surface area contributed by atoms with E-state index in [0.717, 1.165) is 11.3 Å². The molecule has 1 aliphatic heterocycles. The summed E-state index contributed by atoms with van der Waals surface area (Å²) >= 11 is 1.69. The molecule has 0 saturated carbocycles.